The second-order valence-corrected chi connectivity index (χ2v) is 6.73. The van der Waals surface area contributed by atoms with E-state index in [-0.39, 0.29) is 11.7 Å². The second-order valence-electron chi connectivity index (χ2n) is 5.35. The van der Waals surface area contributed by atoms with Crippen molar-refractivity contribution in [2.24, 2.45) is 0 Å². The minimum absolute atomic E-state index is 0.138. The molecule has 0 unspecified atom stereocenters. The molecule has 140 valence electrons. The number of carbonyl (C=O) groups excluding carboxylic acids is 1. The SMILES string of the molecule is COc1ccc(Cl)cc1NC(=O)CSc1n[nH]c(-c2ccccc2OC)n1. The van der Waals surface area contributed by atoms with Crippen molar-refractivity contribution in [3.8, 4) is 22.9 Å². The number of ether oxygens (including phenoxy) is 2. The molecule has 7 nitrogen and oxygen atoms in total. The number of thioether (sulfide) groups is 1. The van der Waals surface area contributed by atoms with Crippen LogP contribution in [0.4, 0.5) is 5.69 Å². The van der Waals surface area contributed by atoms with Gasteiger partial charge in [0.15, 0.2) is 5.82 Å². The van der Waals surface area contributed by atoms with E-state index in [9.17, 15) is 4.79 Å². The summed E-state index contributed by atoms with van der Waals surface area (Å²) in [6.07, 6.45) is 0. The van der Waals surface area contributed by atoms with Crippen LogP contribution in [0.25, 0.3) is 11.4 Å². The van der Waals surface area contributed by atoms with Gasteiger partial charge in [-0.3, -0.25) is 9.89 Å². The average Bonchev–Trinajstić information content (AvgIpc) is 3.15. The van der Waals surface area contributed by atoms with Crippen LogP contribution < -0.4 is 14.8 Å². The van der Waals surface area contributed by atoms with Crippen LogP contribution in [0.5, 0.6) is 11.5 Å². The van der Waals surface area contributed by atoms with E-state index in [1.54, 1.807) is 25.3 Å². The van der Waals surface area contributed by atoms with E-state index in [1.165, 1.54) is 18.9 Å². The smallest absolute Gasteiger partial charge is 0.234 e. The predicted octanol–water partition coefficient (Wildman–Crippen LogP) is 3.87. The standard InChI is InChI=1S/C18H17ClN4O3S/c1-25-14-6-4-3-5-12(14)17-21-18(23-22-17)27-10-16(24)20-13-9-11(19)7-8-15(13)26-2/h3-9H,10H2,1-2H3,(H,20,24)(H,21,22,23). The largest absolute Gasteiger partial charge is 0.496 e. The maximum Gasteiger partial charge on any atom is 0.234 e. The van der Waals surface area contributed by atoms with E-state index in [4.69, 9.17) is 21.1 Å². The molecular weight excluding hydrogens is 388 g/mol. The summed E-state index contributed by atoms with van der Waals surface area (Å²) in [6, 6.07) is 12.5. The van der Waals surface area contributed by atoms with Crippen LogP contribution in [0.1, 0.15) is 0 Å². The predicted molar refractivity (Wildman–Crippen MR) is 106 cm³/mol. The third kappa shape index (κ3) is 4.72. The van der Waals surface area contributed by atoms with Crippen LogP contribution >= 0.6 is 23.4 Å². The van der Waals surface area contributed by atoms with Gasteiger partial charge < -0.3 is 14.8 Å². The third-order valence-corrected chi connectivity index (χ3v) is 4.68. The normalized spacial score (nSPS) is 10.5. The van der Waals surface area contributed by atoms with E-state index in [2.05, 4.69) is 20.5 Å². The van der Waals surface area contributed by atoms with Gasteiger partial charge >= 0.3 is 0 Å². The molecule has 3 aromatic rings. The zero-order chi connectivity index (χ0) is 19.2. The molecule has 27 heavy (non-hydrogen) atoms. The Bertz CT molecular complexity index is 948. The quantitative estimate of drug-likeness (QED) is 0.581. The highest BCUT2D eigenvalue weighted by molar-refractivity contribution is 7.99. The van der Waals surface area contributed by atoms with Crippen LogP contribution in [0, 0.1) is 0 Å². The fraction of sp³-hybridized carbons (Fsp3) is 0.167. The number of H-pyrrole nitrogens is 1. The van der Waals surface area contributed by atoms with Crippen LogP contribution in [0.15, 0.2) is 47.6 Å². The van der Waals surface area contributed by atoms with Gasteiger partial charge in [-0.25, -0.2) is 4.98 Å². The number of nitrogens with zero attached hydrogens (tertiary/aromatic N) is 2. The summed E-state index contributed by atoms with van der Waals surface area (Å²) in [5.41, 5.74) is 1.31. The molecule has 0 bridgehead atoms. The van der Waals surface area contributed by atoms with E-state index in [1.807, 2.05) is 24.3 Å². The number of nitrogens with one attached hydrogen (secondary N) is 2. The summed E-state index contributed by atoms with van der Waals surface area (Å²) >= 11 is 7.18. The summed E-state index contributed by atoms with van der Waals surface area (Å²) in [7, 11) is 3.12. The first-order valence-electron chi connectivity index (χ1n) is 7.92. The van der Waals surface area contributed by atoms with Crippen molar-refractivity contribution in [1.82, 2.24) is 15.2 Å². The van der Waals surface area contributed by atoms with Crippen molar-refractivity contribution in [3.63, 3.8) is 0 Å². The van der Waals surface area contributed by atoms with E-state index in [0.717, 1.165) is 5.56 Å². The van der Waals surface area contributed by atoms with Crippen molar-refractivity contribution in [1.29, 1.82) is 0 Å². The maximum atomic E-state index is 12.2. The molecule has 0 saturated heterocycles. The summed E-state index contributed by atoms with van der Waals surface area (Å²) in [5, 5.41) is 10.8. The van der Waals surface area contributed by atoms with Gasteiger partial charge in [-0.1, -0.05) is 35.5 Å². The van der Waals surface area contributed by atoms with Gasteiger partial charge in [-0.05, 0) is 30.3 Å². The maximum absolute atomic E-state index is 12.2. The molecule has 2 aromatic carbocycles. The molecule has 0 aliphatic carbocycles. The monoisotopic (exact) mass is 404 g/mol. The van der Waals surface area contributed by atoms with E-state index < -0.39 is 0 Å². The minimum Gasteiger partial charge on any atom is -0.496 e. The number of para-hydroxylation sites is 1. The summed E-state index contributed by atoms with van der Waals surface area (Å²) < 4.78 is 10.5. The number of anilines is 1. The van der Waals surface area contributed by atoms with E-state index in [0.29, 0.717) is 33.2 Å². The number of hydrogen-bond acceptors (Lipinski definition) is 6. The number of aromatic amines is 1. The summed E-state index contributed by atoms with van der Waals surface area (Å²) in [4.78, 5) is 16.6. The zero-order valence-electron chi connectivity index (χ0n) is 14.7. The number of aromatic nitrogens is 3. The fourth-order valence-electron chi connectivity index (χ4n) is 2.37. The lowest BCUT2D eigenvalue weighted by atomic mass is 10.2. The lowest BCUT2D eigenvalue weighted by molar-refractivity contribution is -0.113. The first-order chi connectivity index (χ1) is 13.1. The molecule has 9 heteroatoms. The molecule has 0 fully saturated rings. The Balaban J connectivity index is 1.63. The zero-order valence-corrected chi connectivity index (χ0v) is 16.2. The Hall–Kier alpha value is -2.71. The number of carbonyl (C=O) groups is 1. The molecule has 0 saturated carbocycles. The Morgan fingerprint density at radius 3 is 2.74 bits per heavy atom. The first kappa shape index (κ1) is 19.1. The molecule has 2 N–H and O–H groups in total. The Morgan fingerprint density at radius 2 is 1.96 bits per heavy atom. The van der Waals surface area contributed by atoms with Crippen LogP contribution in [-0.2, 0) is 4.79 Å². The number of halogens is 1. The van der Waals surface area contributed by atoms with Crippen molar-refractivity contribution in [2.45, 2.75) is 5.16 Å². The van der Waals surface area contributed by atoms with E-state index >= 15 is 0 Å². The molecule has 3 rings (SSSR count). The van der Waals surface area contributed by atoms with Gasteiger partial charge in [0.2, 0.25) is 11.1 Å². The van der Waals surface area contributed by atoms with Gasteiger partial charge in [0, 0.05) is 5.02 Å². The highest BCUT2D eigenvalue weighted by Crippen LogP contribution is 2.29. The van der Waals surface area contributed by atoms with Crippen LogP contribution in [0.3, 0.4) is 0 Å². The first-order valence-corrected chi connectivity index (χ1v) is 9.29. The molecule has 0 aliphatic rings. The van der Waals surface area contributed by atoms with Gasteiger partial charge in [0.05, 0.1) is 31.2 Å². The number of rotatable bonds is 7. The number of hydrogen-bond donors (Lipinski definition) is 2. The molecule has 0 aliphatic heterocycles. The fourth-order valence-corrected chi connectivity index (χ4v) is 3.14. The molecule has 0 radical (unpaired) electrons. The van der Waals surface area contributed by atoms with Crippen molar-refractivity contribution < 1.29 is 14.3 Å². The van der Waals surface area contributed by atoms with Gasteiger partial charge in [-0.2, -0.15) is 0 Å². The molecule has 1 aromatic heterocycles. The highest BCUT2D eigenvalue weighted by Gasteiger charge is 2.13. The number of benzene rings is 2. The van der Waals surface area contributed by atoms with Crippen LogP contribution in [0.2, 0.25) is 5.02 Å². The lowest BCUT2D eigenvalue weighted by Crippen LogP contribution is -2.14. The van der Waals surface area contributed by atoms with Crippen molar-refractivity contribution in [2.75, 3.05) is 25.3 Å². The molecule has 1 heterocycles. The summed E-state index contributed by atoms with van der Waals surface area (Å²) in [5.74, 6) is 1.72. The lowest BCUT2D eigenvalue weighted by Gasteiger charge is -2.09. The molecule has 1 amide bonds. The second kappa shape index (κ2) is 8.79. The number of methoxy groups -OCH3 is 2. The Morgan fingerprint density at radius 1 is 1.19 bits per heavy atom. The molecule has 0 atom stereocenters. The summed E-state index contributed by atoms with van der Waals surface area (Å²) in [6.45, 7) is 0. The minimum atomic E-state index is -0.218. The van der Waals surface area contributed by atoms with Crippen molar-refractivity contribution >= 4 is 35.0 Å². The molecular formula is C18H17ClN4O3S. The Labute approximate surface area is 165 Å². The number of amides is 1. The van der Waals surface area contributed by atoms with Gasteiger partial charge in [-0.15, -0.1) is 5.10 Å². The average molecular weight is 405 g/mol. The molecule has 0 spiro atoms. The van der Waals surface area contributed by atoms with Gasteiger partial charge in [0.1, 0.15) is 11.5 Å². The Kier molecular flexibility index (Phi) is 6.20. The van der Waals surface area contributed by atoms with Crippen LogP contribution in [-0.4, -0.2) is 41.1 Å². The highest BCUT2D eigenvalue weighted by atomic mass is 35.5. The van der Waals surface area contributed by atoms with Crippen molar-refractivity contribution in [3.05, 3.63) is 47.5 Å². The topological polar surface area (TPSA) is 89.1 Å². The third-order valence-electron chi connectivity index (χ3n) is 3.59. The van der Waals surface area contributed by atoms with Gasteiger partial charge in [0.25, 0.3) is 0 Å².